The van der Waals surface area contributed by atoms with Crippen LogP contribution in [0.25, 0.3) is 11.1 Å². The number of allylic oxidation sites excluding steroid dienone is 4. The predicted octanol–water partition coefficient (Wildman–Crippen LogP) is 12.2. The van der Waals surface area contributed by atoms with Gasteiger partial charge in [0.1, 0.15) is 6.10 Å². The molecule has 2 aromatic rings. The van der Waals surface area contributed by atoms with Crippen LogP contribution in [0.3, 0.4) is 0 Å². The molecule has 8 fully saturated rings. The molecule has 338 valence electrons. The number of fused-ring (bicyclic) bond motifs is 1. The third-order valence-corrected chi connectivity index (χ3v) is 20.8. The van der Waals surface area contributed by atoms with Crippen molar-refractivity contribution >= 4 is 11.9 Å². The summed E-state index contributed by atoms with van der Waals surface area (Å²) in [6, 6.07) is 18.4. The predicted molar refractivity (Wildman–Crippen MR) is 249 cm³/mol. The molecule has 0 saturated heterocycles. The fourth-order valence-corrected chi connectivity index (χ4v) is 18.1. The highest BCUT2D eigenvalue weighted by molar-refractivity contribution is 6.14. The second-order valence-corrected chi connectivity index (χ2v) is 24.6. The van der Waals surface area contributed by atoms with E-state index >= 15 is 9.59 Å². The Hall–Kier alpha value is -3.22. The molecule has 6 bridgehead atoms. The highest BCUT2D eigenvalue weighted by atomic mass is 16.6. The topological polar surface area (TPSA) is 87.1 Å². The summed E-state index contributed by atoms with van der Waals surface area (Å²) in [5.41, 5.74) is 0.874. The average Bonchev–Trinajstić information content (AvgIpc) is 3.52. The molecule has 8 saturated carbocycles. The molecule has 11 aliphatic carbocycles. The second-order valence-electron chi connectivity index (χ2n) is 24.6. The van der Waals surface area contributed by atoms with E-state index in [4.69, 9.17) is 4.74 Å². The quantitative estimate of drug-likeness (QED) is 0.194. The minimum atomic E-state index is -1.14. The third kappa shape index (κ3) is 6.35. The smallest absolute Gasteiger partial charge is 0.410 e. The summed E-state index contributed by atoms with van der Waals surface area (Å²) in [6.45, 7) is 12.6. The van der Waals surface area contributed by atoms with Crippen LogP contribution >= 0.6 is 0 Å². The van der Waals surface area contributed by atoms with E-state index < -0.39 is 27.9 Å². The summed E-state index contributed by atoms with van der Waals surface area (Å²) in [6.07, 6.45) is 22.7. The van der Waals surface area contributed by atoms with Crippen molar-refractivity contribution in [2.75, 3.05) is 13.1 Å². The van der Waals surface area contributed by atoms with Gasteiger partial charge in [0.25, 0.3) is 0 Å². The Balaban J connectivity index is 0.976. The van der Waals surface area contributed by atoms with Gasteiger partial charge in [-0.2, -0.15) is 0 Å². The van der Waals surface area contributed by atoms with E-state index in [1.165, 1.54) is 44.9 Å². The van der Waals surface area contributed by atoms with Crippen LogP contribution in [0.2, 0.25) is 0 Å². The molecule has 11 atom stereocenters. The second kappa shape index (κ2) is 14.9. The number of benzene rings is 2. The lowest BCUT2D eigenvalue weighted by Gasteiger charge is -2.71. The molecule has 2 N–H and O–H groups in total. The Labute approximate surface area is 377 Å². The normalized spacial score (nSPS) is 45.3. The molecule has 0 aliphatic heterocycles. The van der Waals surface area contributed by atoms with Crippen molar-refractivity contribution in [1.82, 2.24) is 4.90 Å². The Morgan fingerprint density at radius 3 is 2.13 bits per heavy atom. The molecule has 1 amide bonds. The first-order valence-corrected chi connectivity index (χ1v) is 25.6. The number of ether oxygens (including phenoxy) is 1. The Morgan fingerprint density at radius 2 is 1.41 bits per heavy atom. The SMILES string of the molecule is CC1CCC(C(C)C)C(OC(=O)N(CC23CC4CC(CC(C4)C2)C3)CC2(O)CCC3C45C=CC6(C=C4C(=O)c4ccccc4-c4ccccc4)CC(O)CCC6(C)C5CCC32C)C1. The van der Waals surface area contributed by atoms with Crippen LogP contribution in [0, 0.1) is 74.4 Å². The Bertz CT molecular complexity index is 2160. The molecule has 11 unspecified atom stereocenters. The molecule has 2 spiro atoms. The zero-order valence-corrected chi connectivity index (χ0v) is 39.0. The fraction of sp³-hybridized carbons (Fsp3) is 0.684. The van der Waals surface area contributed by atoms with Crippen LogP contribution in [-0.2, 0) is 4.74 Å². The van der Waals surface area contributed by atoms with E-state index in [2.05, 4.69) is 75.9 Å². The highest BCUT2D eigenvalue weighted by Gasteiger charge is 2.75. The molecule has 13 rings (SSSR count). The molecule has 0 aromatic heterocycles. The number of hydrogen-bond donors (Lipinski definition) is 2. The van der Waals surface area contributed by atoms with Crippen LogP contribution in [-0.4, -0.2) is 57.9 Å². The van der Waals surface area contributed by atoms with Crippen molar-refractivity contribution in [3.8, 4) is 11.1 Å². The van der Waals surface area contributed by atoms with E-state index in [1.54, 1.807) is 0 Å². The summed E-state index contributed by atoms with van der Waals surface area (Å²) < 4.78 is 6.79. The lowest BCUT2D eigenvalue weighted by atomic mass is 9.32. The van der Waals surface area contributed by atoms with Crippen molar-refractivity contribution in [1.29, 1.82) is 0 Å². The minimum Gasteiger partial charge on any atom is -0.446 e. The van der Waals surface area contributed by atoms with Gasteiger partial charge in [0, 0.05) is 33.9 Å². The first-order valence-electron chi connectivity index (χ1n) is 25.6. The van der Waals surface area contributed by atoms with Crippen molar-refractivity contribution in [3.63, 3.8) is 0 Å². The zero-order valence-electron chi connectivity index (χ0n) is 39.0. The molecule has 6 heteroatoms. The van der Waals surface area contributed by atoms with Gasteiger partial charge in [-0.05, 0) is 166 Å². The van der Waals surface area contributed by atoms with Crippen LogP contribution in [0.15, 0.2) is 78.4 Å². The zero-order chi connectivity index (χ0) is 43.7. The van der Waals surface area contributed by atoms with Crippen LogP contribution < -0.4 is 0 Å². The number of aliphatic hydroxyl groups excluding tert-OH is 1. The van der Waals surface area contributed by atoms with Crippen molar-refractivity contribution in [2.24, 2.45) is 74.4 Å². The van der Waals surface area contributed by atoms with Gasteiger partial charge >= 0.3 is 6.09 Å². The number of amides is 1. The number of Topliss-reactive ketones (excluding diaryl/α,β-unsaturated/α-hetero) is 1. The standard InChI is InChI=1S/C57H75NO5/c1-36(2)43-16-15-37(3)25-47(43)63-51(61)58(34-54-29-38-26-39(30-54)28-40(27-38)31-54)35-56(62)22-19-49-53(56,5)21-18-48-52(4)20-17-42(59)32-55(52)23-24-57(48,49)46(33-55)50(60)45-14-10-9-13-44(45)41-11-7-6-8-12-41/h6-14,23-24,33,36-40,42-43,47-49,59,62H,15-22,25-32,34-35H2,1-5H3. The number of nitrogens with zero attached hydrogens (tertiary/aromatic N) is 1. The summed E-state index contributed by atoms with van der Waals surface area (Å²) in [4.78, 5) is 33.0. The van der Waals surface area contributed by atoms with Gasteiger partial charge in [0.15, 0.2) is 5.78 Å². The summed E-state index contributed by atoms with van der Waals surface area (Å²) in [7, 11) is 0. The highest BCUT2D eigenvalue weighted by Crippen LogP contribution is 2.78. The Kier molecular flexibility index (Phi) is 10.0. The van der Waals surface area contributed by atoms with Gasteiger partial charge in [0.2, 0.25) is 0 Å². The molecule has 0 radical (unpaired) electrons. The van der Waals surface area contributed by atoms with Gasteiger partial charge in [-0.1, -0.05) is 114 Å². The fourth-order valence-electron chi connectivity index (χ4n) is 18.1. The lowest BCUT2D eigenvalue weighted by molar-refractivity contribution is -0.177. The van der Waals surface area contributed by atoms with Gasteiger partial charge in [-0.3, -0.25) is 4.79 Å². The maximum atomic E-state index is 15.8. The number of carbonyl (C=O) groups excluding carboxylic acids is 2. The number of hydrogen-bond acceptors (Lipinski definition) is 5. The van der Waals surface area contributed by atoms with Crippen LogP contribution in [0.1, 0.15) is 148 Å². The number of ketones is 1. The van der Waals surface area contributed by atoms with Crippen molar-refractivity contribution in [2.45, 2.75) is 155 Å². The minimum absolute atomic E-state index is 0.00741. The van der Waals surface area contributed by atoms with Crippen molar-refractivity contribution in [3.05, 3.63) is 84.0 Å². The molecule has 0 heterocycles. The maximum absolute atomic E-state index is 15.8. The average molecular weight is 854 g/mol. The van der Waals surface area contributed by atoms with Crippen molar-refractivity contribution < 1.29 is 24.5 Å². The van der Waals surface area contributed by atoms with Gasteiger partial charge in [0.05, 0.1) is 18.2 Å². The summed E-state index contributed by atoms with van der Waals surface area (Å²) >= 11 is 0. The molecule has 6 nitrogen and oxygen atoms in total. The van der Waals surface area contributed by atoms with E-state index in [1.807, 2.05) is 36.4 Å². The summed E-state index contributed by atoms with van der Waals surface area (Å²) in [5, 5.41) is 25.0. The van der Waals surface area contributed by atoms with E-state index in [9.17, 15) is 10.2 Å². The molecule has 63 heavy (non-hydrogen) atoms. The van der Waals surface area contributed by atoms with Gasteiger partial charge in [-0.25, -0.2) is 4.79 Å². The molecular formula is C57H75NO5. The molecule has 2 aromatic carbocycles. The van der Waals surface area contributed by atoms with Crippen LogP contribution in [0.4, 0.5) is 4.79 Å². The maximum Gasteiger partial charge on any atom is 0.410 e. The van der Waals surface area contributed by atoms with Gasteiger partial charge < -0.3 is 19.8 Å². The van der Waals surface area contributed by atoms with Gasteiger partial charge in [-0.15, -0.1) is 0 Å². The number of rotatable bonds is 9. The number of carbonyl (C=O) groups is 2. The summed E-state index contributed by atoms with van der Waals surface area (Å²) in [5.74, 6) is 3.90. The third-order valence-electron chi connectivity index (χ3n) is 20.8. The Morgan fingerprint density at radius 1 is 0.762 bits per heavy atom. The number of aliphatic hydroxyl groups is 2. The van der Waals surface area contributed by atoms with E-state index in [0.29, 0.717) is 37.1 Å². The van der Waals surface area contributed by atoms with E-state index in [0.717, 1.165) is 85.0 Å². The first kappa shape index (κ1) is 42.4. The van der Waals surface area contributed by atoms with E-state index in [-0.39, 0.29) is 47.2 Å². The monoisotopic (exact) mass is 854 g/mol. The largest absolute Gasteiger partial charge is 0.446 e. The lowest BCUT2D eigenvalue weighted by Crippen LogP contribution is -2.67. The molecular weight excluding hydrogens is 779 g/mol. The van der Waals surface area contributed by atoms with Crippen LogP contribution in [0.5, 0.6) is 0 Å². The molecule has 11 aliphatic rings. The first-order chi connectivity index (χ1) is 30.1.